The van der Waals surface area contributed by atoms with Gasteiger partial charge in [0.2, 0.25) is 0 Å². The molecular weight excluding hydrogens is 266 g/mol. The predicted molar refractivity (Wildman–Crippen MR) is 83.4 cm³/mol. The van der Waals surface area contributed by atoms with Crippen LogP contribution in [0, 0.1) is 0 Å². The monoisotopic (exact) mass is 291 g/mol. The second-order valence-electron chi connectivity index (χ2n) is 5.53. The first-order valence-corrected chi connectivity index (χ1v) is 7.72. The fraction of sp³-hybridized carbons (Fsp3) is 0.667. The number of anilines is 1. The Morgan fingerprint density at radius 3 is 2.90 bits per heavy atom. The molecule has 0 spiro atoms. The van der Waals surface area contributed by atoms with E-state index in [4.69, 9.17) is 0 Å². The van der Waals surface area contributed by atoms with Gasteiger partial charge in [0.1, 0.15) is 11.5 Å². The molecule has 1 fully saturated rings. The van der Waals surface area contributed by atoms with Crippen LogP contribution >= 0.6 is 0 Å². The van der Waals surface area contributed by atoms with Crippen molar-refractivity contribution in [2.75, 3.05) is 32.0 Å². The Morgan fingerprint density at radius 1 is 1.38 bits per heavy atom. The van der Waals surface area contributed by atoms with E-state index in [2.05, 4.69) is 32.4 Å². The fourth-order valence-corrected chi connectivity index (χ4v) is 2.64. The SMILES string of the molecule is CNc1cnc(C(=O)NCCCN2CCCCC2C)cn1. The number of carbonyl (C=O) groups excluding carboxylic acids is 1. The standard InChI is InChI=1S/C15H25N5O/c1-12-6-3-4-8-20(12)9-5-7-17-15(21)13-10-19-14(16-2)11-18-13/h10-12H,3-9H2,1-2H3,(H,16,19)(H,17,21). The topological polar surface area (TPSA) is 70.2 Å². The van der Waals surface area contributed by atoms with Crippen molar-refractivity contribution in [2.45, 2.75) is 38.6 Å². The van der Waals surface area contributed by atoms with Gasteiger partial charge < -0.3 is 15.5 Å². The summed E-state index contributed by atoms with van der Waals surface area (Å²) in [6.07, 6.45) is 7.95. The molecule has 1 saturated heterocycles. The Hall–Kier alpha value is -1.69. The third-order valence-corrected chi connectivity index (χ3v) is 3.99. The number of nitrogens with zero attached hydrogens (tertiary/aromatic N) is 3. The van der Waals surface area contributed by atoms with Crippen molar-refractivity contribution in [3.63, 3.8) is 0 Å². The van der Waals surface area contributed by atoms with Crippen LogP contribution < -0.4 is 10.6 Å². The van der Waals surface area contributed by atoms with Crippen LogP contribution in [0.4, 0.5) is 5.82 Å². The predicted octanol–water partition coefficient (Wildman–Crippen LogP) is 1.51. The van der Waals surface area contributed by atoms with Gasteiger partial charge in [-0.2, -0.15) is 0 Å². The lowest BCUT2D eigenvalue weighted by atomic mass is 10.0. The number of hydrogen-bond donors (Lipinski definition) is 2. The van der Waals surface area contributed by atoms with Crippen LogP contribution in [0.2, 0.25) is 0 Å². The minimum Gasteiger partial charge on any atom is -0.372 e. The van der Waals surface area contributed by atoms with Crippen molar-refractivity contribution in [1.82, 2.24) is 20.2 Å². The van der Waals surface area contributed by atoms with E-state index in [0.29, 0.717) is 24.1 Å². The van der Waals surface area contributed by atoms with Crippen molar-refractivity contribution < 1.29 is 4.79 Å². The van der Waals surface area contributed by atoms with Gasteiger partial charge in [0.05, 0.1) is 12.4 Å². The molecule has 1 aromatic rings. The van der Waals surface area contributed by atoms with Gasteiger partial charge in [-0.3, -0.25) is 4.79 Å². The lowest BCUT2D eigenvalue weighted by Crippen LogP contribution is -2.39. The number of amides is 1. The Balaban J connectivity index is 1.68. The number of rotatable bonds is 6. The maximum atomic E-state index is 11.9. The smallest absolute Gasteiger partial charge is 0.271 e. The molecular formula is C15H25N5O. The van der Waals surface area contributed by atoms with Crippen LogP contribution in [0.3, 0.4) is 0 Å². The van der Waals surface area contributed by atoms with E-state index >= 15 is 0 Å². The Kier molecular flexibility index (Phi) is 5.92. The molecule has 0 aliphatic carbocycles. The Labute approximate surface area is 126 Å². The van der Waals surface area contributed by atoms with E-state index in [1.54, 1.807) is 13.2 Å². The number of nitrogens with one attached hydrogen (secondary N) is 2. The average Bonchev–Trinajstić information content (AvgIpc) is 2.53. The maximum absolute atomic E-state index is 11.9. The van der Waals surface area contributed by atoms with Gasteiger partial charge in [0.25, 0.3) is 5.91 Å². The molecule has 0 aromatic carbocycles. The molecule has 0 saturated carbocycles. The normalized spacial score (nSPS) is 19.2. The summed E-state index contributed by atoms with van der Waals surface area (Å²) in [6, 6.07) is 0.675. The van der Waals surface area contributed by atoms with Crippen molar-refractivity contribution in [1.29, 1.82) is 0 Å². The number of piperidine rings is 1. The van der Waals surface area contributed by atoms with Crippen LogP contribution in [-0.2, 0) is 0 Å². The van der Waals surface area contributed by atoms with Gasteiger partial charge in [0, 0.05) is 26.2 Å². The summed E-state index contributed by atoms with van der Waals surface area (Å²) in [5, 5.41) is 5.78. The van der Waals surface area contributed by atoms with Gasteiger partial charge in [-0.1, -0.05) is 6.42 Å². The largest absolute Gasteiger partial charge is 0.372 e. The molecule has 2 rings (SSSR count). The summed E-state index contributed by atoms with van der Waals surface area (Å²) in [5.74, 6) is 0.502. The molecule has 6 nitrogen and oxygen atoms in total. The Bertz CT molecular complexity index is 448. The third kappa shape index (κ3) is 4.67. The van der Waals surface area contributed by atoms with Gasteiger partial charge in [-0.05, 0) is 32.7 Å². The number of likely N-dealkylation sites (tertiary alicyclic amines) is 1. The summed E-state index contributed by atoms with van der Waals surface area (Å²) in [6.45, 7) is 5.20. The van der Waals surface area contributed by atoms with Crippen LogP contribution in [-0.4, -0.2) is 53.5 Å². The summed E-state index contributed by atoms with van der Waals surface area (Å²) >= 11 is 0. The first-order valence-electron chi connectivity index (χ1n) is 7.72. The van der Waals surface area contributed by atoms with E-state index in [-0.39, 0.29) is 5.91 Å². The molecule has 1 aromatic heterocycles. The van der Waals surface area contributed by atoms with Gasteiger partial charge in [-0.15, -0.1) is 0 Å². The quantitative estimate of drug-likeness (QED) is 0.778. The van der Waals surface area contributed by atoms with Gasteiger partial charge >= 0.3 is 0 Å². The molecule has 0 bridgehead atoms. The molecule has 2 N–H and O–H groups in total. The summed E-state index contributed by atoms with van der Waals surface area (Å²) < 4.78 is 0. The second kappa shape index (κ2) is 7.93. The van der Waals surface area contributed by atoms with Crippen molar-refractivity contribution in [2.24, 2.45) is 0 Å². The highest BCUT2D eigenvalue weighted by atomic mass is 16.1. The molecule has 1 aliphatic heterocycles. The van der Waals surface area contributed by atoms with Gasteiger partial charge in [0.15, 0.2) is 0 Å². The molecule has 6 heteroatoms. The highest BCUT2D eigenvalue weighted by Gasteiger charge is 2.17. The molecule has 1 unspecified atom stereocenters. The molecule has 1 atom stereocenters. The molecule has 1 amide bonds. The van der Waals surface area contributed by atoms with Gasteiger partial charge in [-0.25, -0.2) is 9.97 Å². The summed E-state index contributed by atoms with van der Waals surface area (Å²) in [5.41, 5.74) is 0.361. The van der Waals surface area contributed by atoms with Crippen LogP contribution in [0.25, 0.3) is 0 Å². The lowest BCUT2D eigenvalue weighted by molar-refractivity contribution is 0.0943. The number of aromatic nitrogens is 2. The first-order chi connectivity index (χ1) is 10.2. The molecule has 1 aliphatic rings. The number of hydrogen-bond acceptors (Lipinski definition) is 5. The van der Waals surface area contributed by atoms with Crippen molar-refractivity contribution in [3.05, 3.63) is 18.1 Å². The zero-order valence-corrected chi connectivity index (χ0v) is 12.9. The summed E-state index contributed by atoms with van der Waals surface area (Å²) in [4.78, 5) is 22.6. The highest BCUT2D eigenvalue weighted by molar-refractivity contribution is 5.91. The van der Waals surface area contributed by atoms with E-state index in [0.717, 1.165) is 13.0 Å². The zero-order valence-electron chi connectivity index (χ0n) is 12.9. The van der Waals surface area contributed by atoms with E-state index < -0.39 is 0 Å². The molecule has 21 heavy (non-hydrogen) atoms. The third-order valence-electron chi connectivity index (χ3n) is 3.99. The highest BCUT2D eigenvalue weighted by Crippen LogP contribution is 2.16. The lowest BCUT2D eigenvalue weighted by Gasteiger charge is -2.33. The summed E-state index contributed by atoms with van der Waals surface area (Å²) in [7, 11) is 1.77. The molecule has 2 heterocycles. The van der Waals surface area contributed by atoms with Crippen molar-refractivity contribution in [3.8, 4) is 0 Å². The average molecular weight is 291 g/mol. The van der Waals surface area contributed by atoms with Crippen LogP contribution in [0.15, 0.2) is 12.4 Å². The van der Waals surface area contributed by atoms with Crippen LogP contribution in [0.1, 0.15) is 43.1 Å². The minimum atomic E-state index is -0.156. The molecule has 0 radical (unpaired) electrons. The van der Waals surface area contributed by atoms with E-state index in [1.165, 1.54) is 32.0 Å². The van der Waals surface area contributed by atoms with E-state index in [1.807, 2.05) is 0 Å². The van der Waals surface area contributed by atoms with Crippen molar-refractivity contribution >= 4 is 11.7 Å². The minimum absolute atomic E-state index is 0.156. The fourth-order valence-electron chi connectivity index (χ4n) is 2.64. The molecule has 116 valence electrons. The Morgan fingerprint density at radius 2 is 2.24 bits per heavy atom. The first kappa shape index (κ1) is 15.7. The number of carbonyl (C=O) groups is 1. The van der Waals surface area contributed by atoms with Crippen LogP contribution in [0.5, 0.6) is 0 Å². The second-order valence-corrected chi connectivity index (χ2v) is 5.53. The van der Waals surface area contributed by atoms with E-state index in [9.17, 15) is 4.79 Å². The zero-order chi connectivity index (χ0) is 15.1. The maximum Gasteiger partial charge on any atom is 0.271 e.